The summed E-state index contributed by atoms with van der Waals surface area (Å²) in [4.78, 5) is 17.6. The molecule has 0 fully saturated rings. The minimum Gasteiger partial charge on any atom is -0.349 e. The molecule has 1 N–H and O–H groups in total. The molecule has 9 heteroatoms. The van der Waals surface area contributed by atoms with Crippen molar-refractivity contribution in [2.75, 3.05) is 5.75 Å². The van der Waals surface area contributed by atoms with Gasteiger partial charge in [0.05, 0.1) is 23.0 Å². The van der Waals surface area contributed by atoms with E-state index in [2.05, 4.69) is 27.4 Å². The number of nitrogens with zero attached hydrogens (tertiary/aromatic N) is 5. The molecule has 30 heavy (non-hydrogen) atoms. The number of imidazole rings is 1. The maximum absolute atomic E-state index is 12.5. The topological polar surface area (TPSA) is 77.6 Å². The number of rotatable bonds is 8. The van der Waals surface area contributed by atoms with E-state index in [-0.39, 0.29) is 11.9 Å². The monoisotopic (exact) mass is 438 g/mol. The predicted octanol–water partition coefficient (Wildman–Crippen LogP) is 4.18. The van der Waals surface area contributed by atoms with Gasteiger partial charge in [-0.15, -0.1) is 21.5 Å². The molecular weight excluding hydrogens is 416 g/mol. The molecule has 4 aromatic rings. The van der Waals surface area contributed by atoms with Crippen LogP contribution in [0.5, 0.6) is 0 Å². The van der Waals surface area contributed by atoms with Crippen molar-refractivity contribution in [1.29, 1.82) is 0 Å². The van der Waals surface area contributed by atoms with E-state index < -0.39 is 0 Å². The SMILES string of the molecule is CCn1c(SCC(=O)N[C@H](C)c2ccc(-n3ccnc3)cc2)nnc1-c1cccs1. The summed E-state index contributed by atoms with van der Waals surface area (Å²) in [5.74, 6) is 1.11. The van der Waals surface area contributed by atoms with E-state index >= 15 is 0 Å². The standard InChI is InChI=1S/C21H22N6OS2/c1-3-27-20(18-5-4-12-29-18)24-25-21(27)30-13-19(28)23-15(2)16-6-8-17(9-7-16)26-11-10-22-14-26/h4-12,14-15H,3,13H2,1-2H3,(H,23,28)/t15-/m1/s1. The fourth-order valence-corrected chi connectivity index (χ4v) is 4.64. The van der Waals surface area contributed by atoms with Crippen LogP contribution in [0.3, 0.4) is 0 Å². The van der Waals surface area contributed by atoms with Crippen molar-refractivity contribution in [3.8, 4) is 16.4 Å². The summed E-state index contributed by atoms with van der Waals surface area (Å²) >= 11 is 3.04. The van der Waals surface area contributed by atoms with Crippen molar-refractivity contribution in [3.63, 3.8) is 0 Å². The number of nitrogens with one attached hydrogen (secondary N) is 1. The van der Waals surface area contributed by atoms with Crippen molar-refractivity contribution >= 4 is 29.0 Å². The molecule has 0 unspecified atom stereocenters. The highest BCUT2D eigenvalue weighted by Crippen LogP contribution is 2.27. The van der Waals surface area contributed by atoms with E-state index in [4.69, 9.17) is 0 Å². The van der Waals surface area contributed by atoms with Crippen LogP contribution in [0.1, 0.15) is 25.5 Å². The van der Waals surface area contributed by atoms with Gasteiger partial charge in [0, 0.05) is 24.6 Å². The minimum absolute atomic E-state index is 0.0329. The summed E-state index contributed by atoms with van der Waals surface area (Å²) in [5, 5.41) is 14.4. The lowest BCUT2D eigenvalue weighted by Crippen LogP contribution is -2.28. The molecule has 0 aliphatic heterocycles. The number of hydrogen-bond acceptors (Lipinski definition) is 6. The smallest absolute Gasteiger partial charge is 0.230 e. The van der Waals surface area contributed by atoms with Crippen LogP contribution >= 0.6 is 23.1 Å². The molecule has 154 valence electrons. The highest BCUT2D eigenvalue weighted by Gasteiger charge is 2.16. The average molecular weight is 439 g/mol. The molecule has 1 atom stereocenters. The molecule has 0 saturated heterocycles. The summed E-state index contributed by atoms with van der Waals surface area (Å²) in [6.07, 6.45) is 5.41. The summed E-state index contributed by atoms with van der Waals surface area (Å²) in [7, 11) is 0. The zero-order chi connectivity index (χ0) is 20.9. The second kappa shape index (κ2) is 9.27. The molecule has 4 rings (SSSR count). The maximum atomic E-state index is 12.5. The third kappa shape index (κ3) is 4.47. The van der Waals surface area contributed by atoms with Gasteiger partial charge < -0.3 is 14.5 Å². The molecule has 0 aliphatic carbocycles. The van der Waals surface area contributed by atoms with Crippen LogP contribution < -0.4 is 5.32 Å². The number of thioether (sulfide) groups is 1. The van der Waals surface area contributed by atoms with Crippen LogP contribution in [0.25, 0.3) is 16.4 Å². The Labute approximate surface area is 183 Å². The van der Waals surface area contributed by atoms with Gasteiger partial charge in [-0.05, 0) is 43.0 Å². The number of carbonyl (C=O) groups excluding carboxylic acids is 1. The lowest BCUT2D eigenvalue weighted by Gasteiger charge is -2.15. The van der Waals surface area contributed by atoms with Gasteiger partial charge in [0.25, 0.3) is 0 Å². The average Bonchev–Trinajstić information content (AvgIpc) is 3.53. The lowest BCUT2D eigenvalue weighted by atomic mass is 10.1. The molecule has 0 spiro atoms. The van der Waals surface area contributed by atoms with Crippen molar-refractivity contribution in [2.45, 2.75) is 31.6 Å². The Balaban J connectivity index is 1.35. The van der Waals surface area contributed by atoms with Gasteiger partial charge >= 0.3 is 0 Å². The molecule has 7 nitrogen and oxygen atoms in total. The minimum atomic E-state index is -0.0827. The number of hydrogen-bond donors (Lipinski definition) is 1. The molecule has 0 radical (unpaired) electrons. The van der Waals surface area contributed by atoms with Gasteiger partial charge in [-0.1, -0.05) is 30.0 Å². The Morgan fingerprint density at radius 2 is 2.07 bits per heavy atom. The Morgan fingerprint density at radius 3 is 2.73 bits per heavy atom. The first kappa shape index (κ1) is 20.4. The first-order valence-electron chi connectivity index (χ1n) is 9.63. The maximum Gasteiger partial charge on any atom is 0.230 e. The normalized spacial score (nSPS) is 12.1. The van der Waals surface area contributed by atoms with Crippen LogP contribution in [0.4, 0.5) is 0 Å². The van der Waals surface area contributed by atoms with E-state index in [1.54, 1.807) is 23.9 Å². The van der Waals surface area contributed by atoms with Crippen molar-refractivity contribution in [3.05, 3.63) is 66.1 Å². The molecule has 3 heterocycles. The predicted molar refractivity (Wildman–Crippen MR) is 120 cm³/mol. The summed E-state index contributed by atoms with van der Waals surface area (Å²) < 4.78 is 3.99. The summed E-state index contributed by atoms with van der Waals surface area (Å²) in [5.41, 5.74) is 2.08. The summed E-state index contributed by atoms with van der Waals surface area (Å²) in [6.45, 7) is 4.79. The Bertz CT molecular complexity index is 1090. The van der Waals surface area contributed by atoms with E-state index in [9.17, 15) is 4.79 Å². The van der Waals surface area contributed by atoms with Gasteiger partial charge in [-0.3, -0.25) is 4.79 Å². The van der Waals surface area contributed by atoms with Crippen molar-refractivity contribution in [1.82, 2.24) is 29.6 Å². The van der Waals surface area contributed by atoms with Crippen LogP contribution in [0, 0.1) is 0 Å². The third-order valence-electron chi connectivity index (χ3n) is 4.68. The Morgan fingerprint density at radius 1 is 1.23 bits per heavy atom. The first-order valence-corrected chi connectivity index (χ1v) is 11.5. The highest BCUT2D eigenvalue weighted by molar-refractivity contribution is 7.99. The van der Waals surface area contributed by atoms with Crippen molar-refractivity contribution < 1.29 is 4.79 Å². The zero-order valence-electron chi connectivity index (χ0n) is 16.7. The first-order chi connectivity index (χ1) is 14.7. The van der Waals surface area contributed by atoms with Gasteiger partial charge in [0.2, 0.25) is 5.91 Å². The fourth-order valence-electron chi connectivity index (χ4n) is 3.11. The van der Waals surface area contributed by atoms with Gasteiger partial charge in [0.1, 0.15) is 0 Å². The second-order valence-corrected chi connectivity index (χ2v) is 8.56. The van der Waals surface area contributed by atoms with E-state index in [0.717, 1.165) is 33.7 Å². The van der Waals surface area contributed by atoms with Crippen LogP contribution in [-0.4, -0.2) is 36.0 Å². The fraction of sp³-hybridized carbons (Fsp3) is 0.238. The Hall–Kier alpha value is -2.91. The molecule has 3 aromatic heterocycles. The van der Waals surface area contributed by atoms with Crippen molar-refractivity contribution in [2.24, 2.45) is 0 Å². The molecule has 0 saturated carbocycles. The van der Waals surface area contributed by atoms with Crippen LogP contribution in [0.2, 0.25) is 0 Å². The number of carbonyl (C=O) groups is 1. The third-order valence-corrected chi connectivity index (χ3v) is 6.51. The molecule has 1 aromatic carbocycles. The number of thiophene rings is 1. The zero-order valence-corrected chi connectivity index (χ0v) is 18.4. The number of aromatic nitrogens is 5. The van der Waals surface area contributed by atoms with E-state index in [1.165, 1.54) is 11.8 Å². The lowest BCUT2D eigenvalue weighted by molar-refractivity contribution is -0.119. The van der Waals surface area contributed by atoms with E-state index in [1.807, 2.05) is 64.0 Å². The van der Waals surface area contributed by atoms with Crippen LogP contribution in [0.15, 0.2) is 65.7 Å². The highest BCUT2D eigenvalue weighted by atomic mass is 32.2. The van der Waals surface area contributed by atoms with Gasteiger partial charge in [-0.25, -0.2) is 4.98 Å². The number of benzene rings is 1. The summed E-state index contributed by atoms with van der Waals surface area (Å²) in [6, 6.07) is 12.0. The quantitative estimate of drug-likeness (QED) is 0.418. The second-order valence-electron chi connectivity index (χ2n) is 6.67. The molecular formula is C21H22N6OS2. The van der Waals surface area contributed by atoms with Crippen LogP contribution in [-0.2, 0) is 11.3 Å². The van der Waals surface area contributed by atoms with E-state index in [0.29, 0.717) is 5.75 Å². The Kier molecular flexibility index (Phi) is 6.29. The molecule has 0 aliphatic rings. The van der Waals surface area contributed by atoms with Gasteiger partial charge in [0.15, 0.2) is 11.0 Å². The number of amides is 1. The molecule has 1 amide bonds. The van der Waals surface area contributed by atoms with Gasteiger partial charge in [-0.2, -0.15) is 0 Å². The molecule has 0 bridgehead atoms. The largest absolute Gasteiger partial charge is 0.349 e.